The number of sulfone groups is 1. The lowest BCUT2D eigenvalue weighted by Gasteiger charge is -2.37. The largest absolute Gasteiger partial charge is 0.501 e. The molecule has 2 aliphatic heterocycles. The van der Waals surface area contributed by atoms with Crippen LogP contribution in [0.4, 0.5) is 24.7 Å². The number of pyridine rings is 1. The number of hydrogen-bond acceptors (Lipinski definition) is 7. The maximum atomic E-state index is 13.1. The molecule has 3 N–H and O–H groups in total. The van der Waals surface area contributed by atoms with Gasteiger partial charge in [0.25, 0.3) is 9.84 Å². The Balaban J connectivity index is 1.28. The third kappa shape index (κ3) is 5.92. The SMILES string of the molecule is Nc1cc(CN2CCC(C(=O)N3CCC(Nc4ccccc4S(=O)(=O)C(F)(F)F)CC3)CC2)ccn1. The Bertz CT molecular complexity index is 1180. The summed E-state index contributed by atoms with van der Waals surface area (Å²) >= 11 is 0. The molecule has 0 spiro atoms. The first kappa shape index (κ1) is 26.2. The summed E-state index contributed by atoms with van der Waals surface area (Å²) < 4.78 is 63.1. The third-order valence-electron chi connectivity index (χ3n) is 6.84. The van der Waals surface area contributed by atoms with Crippen LogP contribution in [-0.4, -0.2) is 66.8 Å². The minimum absolute atomic E-state index is 0.0501. The molecule has 1 amide bonds. The summed E-state index contributed by atoms with van der Waals surface area (Å²) in [5.74, 6) is 0.549. The highest BCUT2D eigenvalue weighted by molar-refractivity contribution is 7.92. The number of nitrogen functional groups attached to an aromatic ring is 1. The smallest absolute Gasteiger partial charge is 0.384 e. The fourth-order valence-corrected chi connectivity index (χ4v) is 5.78. The second kappa shape index (κ2) is 10.6. The van der Waals surface area contributed by atoms with Crippen molar-refractivity contribution in [2.45, 2.75) is 48.7 Å². The average Bonchev–Trinajstić information content (AvgIpc) is 2.84. The molecule has 2 fully saturated rings. The molecule has 0 atom stereocenters. The van der Waals surface area contributed by atoms with Crippen LogP contribution in [0.2, 0.25) is 0 Å². The lowest BCUT2D eigenvalue weighted by molar-refractivity contribution is -0.138. The third-order valence-corrected chi connectivity index (χ3v) is 8.38. The number of piperidine rings is 2. The number of rotatable bonds is 6. The number of aromatic nitrogens is 1. The highest BCUT2D eigenvalue weighted by Gasteiger charge is 2.48. The van der Waals surface area contributed by atoms with Crippen LogP contribution in [0.15, 0.2) is 47.5 Å². The lowest BCUT2D eigenvalue weighted by atomic mass is 9.93. The molecule has 0 aliphatic carbocycles. The van der Waals surface area contributed by atoms with Crippen molar-refractivity contribution in [3.8, 4) is 0 Å². The number of likely N-dealkylation sites (tertiary alicyclic amines) is 2. The van der Waals surface area contributed by atoms with Gasteiger partial charge in [0, 0.05) is 37.8 Å². The van der Waals surface area contributed by atoms with Gasteiger partial charge in [-0.2, -0.15) is 13.2 Å². The predicted molar refractivity (Wildman–Crippen MR) is 130 cm³/mol. The van der Waals surface area contributed by atoms with Crippen molar-refractivity contribution in [2.24, 2.45) is 5.92 Å². The number of hydrogen-bond donors (Lipinski definition) is 2. The topological polar surface area (TPSA) is 109 Å². The number of anilines is 2. The summed E-state index contributed by atoms with van der Waals surface area (Å²) in [6, 6.07) is 8.61. The molecule has 12 heteroatoms. The van der Waals surface area contributed by atoms with E-state index in [1.165, 1.54) is 18.2 Å². The minimum atomic E-state index is -5.46. The van der Waals surface area contributed by atoms with Crippen molar-refractivity contribution in [2.75, 3.05) is 37.2 Å². The van der Waals surface area contributed by atoms with Gasteiger partial charge in [0.15, 0.2) is 0 Å². The Morgan fingerprint density at radius 3 is 2.36 bits per heavy atom. The number of carbonyl (C=O) groups excluding carboxylic acids is 1. The van der Waals surface area contributed by atoms with Crippen LogP contribution in [0.3, 0.4) is 0 Å². The number of amides is 1. The first-order valence-electron chi connectivity index (χ1n) is 11.9. The van der Waals surface area contributed by atoms with E-state index in [1.54, 1.807) is 6.20 Å². The van der Waals surface area contributed by atoms with Crippen molar-refractivity contribution in [1.82, 2.24) is 14.8 Å². The number of benzene rings is 1. The van der Waals surface area contributed by atoms with Gasteiger partial charge >= 0.3 is 5.51 Å². The number of nitrogens with one attached hydrogen (secondary N) is 1. The van der Waals surface area contributed by atoms with Gasteiger partial charge in [-0.3, -0.25) is 9.69 Å². The zero-order valence-corrected chi connectivity index (χ0v) is 20.6. The van der Waals surface area contributed by atoms with E-state index in [1.807, 2.05) is 17.0 Å². The van der Waals surface area contributed by atoms with Gasteiger partial charge in [-0.15, -0.1) is 0 Å². The van der Waals surface area contributed by atoms with E-state index >= 15 is 0 Å². The van der Waals surface area contributed by atoms with E-state index in [0.717, 1.165) is 44.1 Å². The summed E-state index contributed by atoms with van der Waals surface area (Å²) in [7, 11) is -5.46. The summed E-state index contributed by atoms with van der Waals surface area (Å²) in [5, 5.41) is 2.96. The summed E-state index contributed by atoms with van der Waals surface area (Å²) in [6.45, 7) is 3.32. The lowest BCUT2D eigenvalue weighted by Crippen LogP contribution is -2.47. The molecule has 196 valence electrons. The van der Waals surface area contributed by atoms with E-state index in [9.17, 15) is 26.4 Å². The molecule has 36 heavy (non-hydrogen) atoms. The van der Waals surface area contributed by atoms with Crippen molar-refractivity contribution < 1.29 is 26.4 Å². The maximum Gasteiger partial charge on any atom is 0.501 e. The van der Waals surface area contributed by atoms with Crippen LogP contribution in [0.5, 0.6) is 0 Å². The molecule has 0 saturated carbocycles. The van der Waals surface area contributed by atoms with Gasteiger partial charge in [-0.1, -0.05) is 12.1 Å². The highest BCUT2D eigenvalue weighted by atomic mass is 32.2. The summed E-state index contributed by atoms with van der Waals surface area (Å²) in [5.41, 5.74) is 1.40. The molecule has 0 radical (unpaired) electrons. The molecular weight excluding hydrogens is 495 g/mol. The number of para-hydroxylation sites is 1. The zero-order chi connectivity index (χ0) is 25.9. The Morgan fingerprint density at radius 2 is 1.72 bits per heavy atom. The van der Waals surface area contributed by atoms with Gasteiger partial charge in [-0.05, 0) is 68.6 Å². The summed E-state index contributed by atoms with van der Waals surface area (Å²) in [4.78, 5) is 20.4. The quantitative estimate of drug-likeness (QED) is 0.596. The van der Waals surface area contributed by atoms with Crippen LogP contribution in [0.25, 0.3) is 0 Å². The van der Waals surface area contributed by atoms with E-state index < -0.39 is 20.2 Å². The molecule has 3 heterocycles. The van der Waals surface area contributed by atoms with Crippen LogP contribution in [-0.2, 0) is 21.2 Å². The molecule has 4 rings (SSSR count). The van der Waals surface area contributed by atoms with Crippen LogP contribution in [0.1, 0.15) is 31.2 Å². The number of carbonyl (C=O) groups is 1. The standard InChI is InChI=1S/C24H30F3N5O3S/c25-24(26,27)36(34,35)21-4-2-1-3-20(21)30-19-8-13-32(14-9-19)23(33)18-6-11-31(12-7-18)16-17-5-10-29-22(28)15-17/h1-5,10,15,18-19,30H,6-9,11-14,16H2,(H2,28,29). The van der Waals surface area contributed by atoms with E-state index in [-0.39, 0.29) is 23.6 Å². The second-order valence-electron chi connectivity index (χ2n) is 9.33. The molecule has 2 aromatic rings. The van der Waals surface area contributed by atoms with E-state index in [4.69, 9.17) is 5.73 Å². The first-order chi connectivity index (χ1) is 17.0. The molecule has 2 saturated heterocycles. The monoisotopic (exact) mass is 525 g/mol. The Labute approximate surface area is 208 Å². The fraction of sp³-hybridized carbons (Fsp3) is 0.500. The normalized spacial score (nSPS) is 18.8. The fourth-order valence-electron chi connectivity index (χ4n) is 4.86. The molecule has 0 unspecified atom stereocenters. The predicted octanol–water partition coefficient (Wildman–Crippen LogP) is 3.27. The van der Waals surface area contributed by atoms with E-state index in [0.29, 0.717) is 31.7 Å². The zero-order valence-electron chi connectivity index (χ0n) is 19.7. The number of halogens is 3. The Hall–Kier alpha value is -2.86. The van der Waals surface area contributed by atoms with Gasteiger partial charge in [-0.25, -0.2) is 13.4 Å². The van der Waals surface area contributed by atoms with Gasteiger partial charge in [0.1, 0.15) is 5.82 Å². The number of alkyl halides is 3. The van der Waals surface area contributed by atoms with Crippen LogP contribution >= 0.6 is 0 Å². The van der Waals surface area contributed by atoms with Crippen molar-refractivity contribution in [3.05, 3.63) is 48.2 Å². The molecular formula is C24H30F3N5O3S. The van der Waals surface area contributed by atoms with Crippen molar-refractivity contribution in [3.63, 3.8) is 0 Å². The Morgan fingerprint density at radius 1 is 1.06 bits per heavy atom. The van der Waals surface area contributed by atoms with Crippen LogP contribution < -0.4 is 11.1 Å². The molecule has 8 nitrogen and oxygen atoms in total. The molecule has 1 aromatic heterocycles. The number of nitrogens with zero attached hydrogens (tertiary/aromatic N) is 3. The first-order valence-corrected chi connectivity index (χ1v) is 13.4. The molecule has 2 aliphatic rings. The molecule has 0 bridgehead atoms. The van der Waals surface area contributed by atoms with Gasteiger partial charge in [0.2, 0.25) is 5.91 Å². The van der Waals surface area contributed by atoms with Crippen molar-refractivity contribution >= 4 is 27.2 Å². The minimum Gasteiger partial charge on any atom is -0.384 e. The second-order valence-corrected chi connectivity index (χ2v) is 11.2. The summed E-state index contributed by atoms with van der Waals surface area (Å²) in [6.07, 6.45) is 4.26. The van der Waals surface area contributed by atoms with Gasteiger partial charge < -0.3 is 16.0 Å². The maximum absolute atomic E-state index is 13.1. The van der Waals surface area contributed by atoms with Gasteiger partial charge in [0.05, 0.1) is 10.6 Å². The highest BCUT2D eigenvalue weighted by Crippen LogP contribution is 2.35. The van der Waals surface area contributed by atoms with E-state index in [2.05, 4.69) is 15.2 Å². The van der Waals surface area contributed by atoms with Crippen molar-refractivity contribution in [1.29, 1.82) is 0 Å². The molecule has 1 aromatic carbocycles. The van der Waals surface area contributed by atoms with Crippen LogP contribution in [0, 0.1) is 5.92 Å². The average molecular weight is 526 g/mol. The Kier molecular flexibility index (Phi) is 7.74. The number of nitrogens with two attached hydrogens (primary N) is 1.